The Kier molecular flexibility index (Phi) is 4.92. The fourth-order valence-corrected chi connectivity index (χ4v) is 2.83. The van der Waals surface area contributed by atoms with Crippen molar-refractivity contribution in [3.8, 4) is 5.75 Å². The van der Waals surface area contributed by atoms with Crippen molar-refractivity contribution in [2.24, 2.45) is 5.92 Å². The Morgan fingerprint density at radius 1 is 1.08 bits per heavy atom. The lowest BCUT2D eigenvalue weighted by molar-refractivity contribution is -0.367. The summed E-state index contributed by atoms with van der Waals surface area (Å²) in [7, 11) is 0. The molecule has 1 aromatic carbocycles. The van der Waals surface area contributed by atoms with Crippen LogP contribution in [-0.4, -0.2) is 19.1 Å². The summed E-state index contributed by atoms with van der Waals surface area (Å²) in [6.07, 6.45) is -2.20. The zero-order valence-corrected chi connectivity index (χ0v) is 13.4. The van der Waals surface area contributed by atoms with Crippen LogP contribution in [0.15, 0.2) is 48.7 Å². The maximum Gasteiger partial charge on any atom is 0.419 e. The number of alkyl halides is 3. The van der Waals surface area contributed by atoms with Crippen molar-refractivity contribution in [3.05, 3.63) is 54.2 Å². The number of esters is 1. The van der Waals surface area contributed by atoms with Crippen LogP contribution in [-0.2, 0) is 11.0 Å². The van der Waals surface area contributed by atoms with Gasteiger partial charge in [0.1, 0.15) is 11.9 Å². The summed E-state index contributed by atoms with van der Waals surface area (Å²) in [6.45, 7) is 1.16. The first-order valence-electron chi connectivity index (χ1n) is 8.04. The van der Waals surface area contributed by atoms with E-state index in [0.29, 0.717) is 37.5 Å². The highest BCUT2D eigenvalue weighted by molar-refractivity contribution is 5.75. The Balaban J connectivity index is 1.55. The van der Waals surface area contributed by atoms with Crippen LogP contribution in [0.2, 0.25) is 0 Å². The third-order valence-electron chi connectivity index (χ3n) is 4.25. The Labute approximate surface area is 143 Å². The van der Waals surface area contributed by atoms with Crippen LogP contribution < -0.4 is 14.6 Å². The number of nitrogens with zero attached hydrogens (tertiary/aromatic N) is 1. The minimum absolute atomic E-state index is 0.203. The molecule has 2 aromatic rings. The molecule has 2 heterocycles. The SMILES string of the molecule is O=C(Oc1ccccc1)C1CCN(c2ccc(C(F)(F)F)c[nH+]2)CC1. The van der Waals surface area contributed by atoms with Crippen LogP contribution in [0.25, 0.3) is 0 Å². The van der Waals surface area contributed by atoms with Gasteiger partial charge in [-0.05, 0) is 31.0 Å². The number of carbonyl (C=O) groups is 1. The summed E-state index contributed by atoms with van der Waals surface area (Å²) in [4.78, 5) is 16.8. The van der Waals surface area contributed by atoms with E-state index >= 15 is 0 Å². The number of H-pyrrole nitrogens is 1. The number of rotatable bonds is 3. The quantitative estimate of drug-likeness (QED) is 0.629. The number of anilines is 1. The predicted octanol–water partition coefficient (Wildman–Crippen LogP) is 3.34. The van der Waals surface area contributed by atoms with Crippen LogP contribution in [0.1, 0.15) is 18.4 Å². The number of hydrogen-bond acceptors (Lipinski definition) is 3. The number of ether oxygens (including phenoxy) is 1. The minimum Gasteiger partial charge on any atom is -0.426 e. The molecule has 1 aromatic heterocycles. The Hall–Kier alpha value is -2.57. The van der Waals surface area contributed by atoms with E-state index in [1.165, 1.54) is 6.07 Å². The molecule has 0 amide bonds. The molecule has 0 unspecified atom stereocenters. The smallest absolute Gasteiger partial charge is 0.419 e. The van der Waals surface area contributed by atoms with E-state index in [4.69, 9.17) is 4.74 Å². The van der Waals surface area contributed by atoms with Gasteiger partial charge >= 0.3 is 12.1 Å². The average Bonchev–Trinajstić information content (AvgIpc) is 2.62. The Morgan fingerprint density at radius 3 is 2.32 bits per heavy atom. The summed E-state index contributed by atoms with van der Waals surface area (Å²) < 4.78 is 43.1. The average molecular weight is 351 g/mol. The number of aromatic amines is 1. The molecular weight excluding hydrogens is 333 g/mol. The zero-order valence-electron chi connectivity index (χ0n) is 13.4. The van der Waals surface area contributed by atoms with Gasteiger partial charge in [-0.1, -0.05) is 18.2 Å². The largest absolute Gasteiger partial charge is 0.426 e. The summed E-state index contributed by atoms with van der Waals surface area (Å²) in [5, 5.41) is 0. The van der Waals surface area contributed by atoms with E-state index in [9.17, 15) is 18.0 Å². The predicted molar refractivity (Wildman–Crippen MR) is 85.0 cm³/mol. The maximum atomic E-state index is 12.6. The summed E-state index contributed by atoms with van der Waals surface area (Å²) in [6, 6.07) is 11.4. The fraction of sp³-hybridized carbons (Fsp3) is 0.333. The first-order valence-corrected chi connectivity index (χ1v) is 8.04. The molecule has 4 nitrogen and oxygen atoms in total. The van der Waals surface area contributed by atoms with E-state index in [1.54, 1.807) is 24.3 Å². The van der Waals surface area contributed by atoms with Gasteiger partial charge < -0.3 is 4.74 Å². The highest BCUT2D eigenvalue weighted by atomic mass is 19.4. The lowest BCUT2D eigenvalue weighted by Crippen LogP contribution is -2.40. The first kappa shape index (κ1) is 17.3. The topological polar surface area (TPSA) is 43.7 Å². The number of carbonyl (C=O) groups excluding carboxylic acids is 1. The Morgan fingerprint density at radius 2 is 1.76 bits per heavy atom. The molecule has 7 heteroatoms. The third kappa shape index (κ3) is 4.29. The van der Waals surface area contributed by atoms with Crippen molar-refractivity contribution < 1.29 is 27.7 Å². The highest BCUT2D eigenvalue weighted by Crippen LogP contribution is 2.29. The second-order valence-corrected chi connectivity index (χ2v) is 5.96. The van der Waals surface area contributed by atoms with Gasteiger partial charge in [0.05, 0.1) is 24.6 Å². The molecule has 0 bridgehead atoms. The number of halogens is 3. The van der Waals surface area contributed by atoms with Gasteiger partial charge in [0, 0.05) is 6.07 Å². The number of piperidine rings is 1. The molecule has 1 N–H and O–H groups in total. The number of pyridine rings is 1. The number of nitrogens with one attached hydrogen (secondary N) is 1. The summed E-state index contributed by atoms with van der Waals surface area (Å²) in [5.41, 5.74) is -0.711. The molecule has 132 valence electrons. The van der Waals surface area contributed by atoms with Crippen LogP contribution in [0.4, 0.5) is 19.0 Å². The minimum atomic E-state index is -4.36. The highest BCUT2D eigenvalue weighted by Gasteiger charge is 2.34. The number of hydrogen-bond donors (Lipinski definition) is 0. The fourth-order valence-electron chi connectivity index (χ4n) is 2.83. The lowest BCUT2D eigenvalue weighted by Gasteiger charge is -2.26. The maximum absolute atomic E-state index is 12.6. The van der Waals surface area contributed by atoms with Gasteiger partial charge in [-0.2, -0.15) is 13.2 Å². The van der Waals surface area contributed by atoms with E-state index in [1.807, 2.05) is 11.0 Å². The Bertz CT molecular complexity index is 709. The molecule has 0 spiro atoms. The molecule has 0 atom stereocenters. The van der Waals surface area contributed by atoms with Crippen molar-refractivity contribution in [2.45, 2.75) is 19.0 Å². The monoisotopic (exact) mass is 351 g/mol. The molecule has 1 aliphatic rings. The van der Waals surface area contributed by atoms with Crippen LogP contribution in [0, 0.1) is 5.92 Å². The molecule has 25 heavy (non-hydrogen) atoms. The van der Waals surface area contributed by atoms with Gasteiger partial charge in [0.15, 0.2) is 0 Å². The van der Waals surface area contributed by atoms with Crippen molar-refractivity contribution in [1.82, 2.24) is 0 Å². The van der Waals surface area contributed by atoms with Crippen molar-refractivity contribution in [2.75, 3.05) is 18.0 Å². The standard InChI is InChI=1S/C18H17F3N2O2/c19-18(20,21)14-6-7-16(22-12-14)23-10-8-13(9-11-23)17(24)25-15-4-2-1-3-5-15/h1-7,12-13H,8-11H2/p+1. The second kappa shape index (κ2) is 7.13. The van der Waals surface area contributed by atoms with E-state index in [0.717, 1.165) is 12.3 Å². The third-order valence-corrected chi connectivity index (χ3v) is 4.25. The van der Waals surface area contributed by atoms with Gasteiger partial charge in [-0.15, -0.1) is 0 Å². The van der Waals surface area contributed by atoms with Crippen molar-refractivity contribution in [1.29, 1.82) is 0 Å². The van der Waals surface area contributed by atoms with Crippen molar-refractivity contribution >= 4 is 11.8 Å². The molecule has 1 aliphatic heterocycles. The molecule has 3 rings (SSSR count). The number of benzene rings is 1. The van der Waals surface area contributed by atoms with Gasteiger partial charge in [0.2, 0.25) is 0 Å². The van der Waals surface area contributed by atoms with Gasteiger partial charge in [-0.3, -0.25) is 9.69 Å². The van der Waals surface area contributed by atoms with Crippen molar-refractivity contribution in [3.63, 3.8) is 0 Å². The van der Waals surface area contributed by atoms with Gasteiger partial charge in [0.25, 0.3) is 5.82 Å². The van der Waals surface area contributed by atoms with E-state index in [2.05, 4.69) is 4.98 Å². The lowest BCUT2D eigenvalue weighted by atomic mass is 9.97. The van der Waals surface area contributed by atoms with E-state index < -0.39 is 11.7 Å². The molecule has 0 saturated carbocycles. The first-order chi connectivity index (χ1) is 11.9. The molecular formula is C18H18F3N2O2+. The zero-order chi connectivity index (χ0) is 17.9. The molecule has 0 radical (unpaired) electrons. The molecule has 1 fully saturated rings. The van der Waals surface area contributed by atoms with Crippen LogP contribution >= 0.6 is 0 Å². The van der Waals surface area contributed by atoms with Gasteiger partial charge in [-0.25, -0.2) is 4.98 Å². The van der Waals surface area contributed by atoms with Crippen LogP contribution in [0.3, 0.4) is 0 Å². The summed E-state index contributed by atoms with van der Waals surface area (Å²) in [5.74, 6) is 0.669. The molecule has 0 aliphatic carbocycles. The second-order valence-electron chi connectivity index (χ2n) is 5.96. The normalized spacial score (nSPS) is 15.9. The summed E-state index contributed by atoms with van der Waals surface area (Å²) >= 11 is 0. The van der Waals surface area contributed by atoms with E-state index in [-0.39, 0.29) is 11.9 Å². The molecule has 1 saturated heterocycles. The number of para-hydroxylation sites is 1. The number of aromatic nitrogens is 1. The van der Waals surface area contributed by atoms with Crippen LogP contribution in [0.5, 0.6) is 5.75 Å².